The van der Waals surface area contributed by atoms with Crippen LogP contribution in [0.15, 0.2) is 5.38 Å². The van der Waals surface area contributed by atoms with Gasteiger partial charge in [0.1, 0.15) is 5.01 Å². The fourth-order valence-electron chi connectivity index (χ4n) is 1.92. The van der Waals surface area contributed by atoms with Gasteiger partial charge >= 0.3 is 0 Å². The number of rotatable bonds is 3. The van der Waals surface area contributed by atoms with Gasteiger partial charge in [-0.2, -0.15) is 0 Å². The number of nitrogens with one attached hydrogen (secondary N) is 1. The molecular weight excluding hydrogens is 206 g/mol. The summed E-state index contributed by atoms with van der Waals surface area (Å²) in [6.45, 7) is 5.50. The van der Waals surface area contributed by atoms with Gasteiger partial charge in [-0.25, -0.2) is 4.98 Å². The average Bonchev–Trinajstić information content (AvgIpc) is 2.67. The Morgan fingerprint density at radius 3 is 3.27 bits per heavy atom. The van der Waals surface area contributed by atoms with Gasteiger partial charge in [-0.05, 0) is 13.5 Å². The summed E-state index contributed by atoms with van der Waals surface area (Å²) in [4.78, 5) is 7.05. The fourth-order valence-corrected chi connectivity index (χ4v) is 2.84. The van der Waals surface area contributed by atoms with E-state index in [2.05, 4.69) is 34.6 Å². The summed E-state index contributed by atoms with van der Waals surface area (Å²) in [5.74, 6) is 0. The first-order valence-electron chi connectivity index (χ1n) is 5.66. The lowest BCUT2D eigenvalue weighted by Gasteiger charge is -2.29. The molecule has 0 spiro atoms. The summed E-state index contributed by atoms with van der Waals surface area (Å²) >= 11 is 1.80. The Hall–Kier alpha value is -0.450. The summed E-state index contributed by atoms with van der Waals surface area (Å²) in [6.07, 6.45) is 2.29. The second kappa shape index (κ2) is 5.05. The van der Waals surface area contributed by atoms with E-state index in [9.17, 15) is 0 Å². The lowest BCUT2D eigenvalue weighted by atomic mass is 10.2. The fraction of sp³-hybridized carbons (Fsp3) is 0.727. The lowest BCUT2D eigenvalue weighted by Crippen LogP contribution is -2.43. The SMILES string of the molecule is CCCc1csc(C2CN(C)CCN2)n1. The van der Waals surface area contributed by atoms with Crippen LogP contribution in [0.3, 0.4) is 0 Å². The Morgan fingerprint density at radius 1 is 1.67 bits per heavy atom. The maximum absolute atomic E-state index is 4.69. The van der Waals surface area contributed by atoms with Crippen LogP contribution in [0.5, 0.6) is 0 Å². The molecule has 0 bridgehead atoms. The van der Waals surface area contributed by atoms with E-state index >= 15 is 0 Å². The molecule has 2 rings (SSSR count). The van der Waals surface area contributed by atoms with Gasteiger partial charge in [-0.3, -0.25) is 0 Å². The summed E-state index contributed by atoms with van der Waals surface area (Å²) in [6, 6.07) is 0.444. The van der Waals surface area contributed by atoms with Crippen LogP contribution in [0.2, 0.25) is 0 Å². The molecule has 4 heteroatoms. The van der Waals surface area contributed by atoms with Crippen molar-refractivity contribution >= 4 is 11.3 Å². The van der Waals surface area contributed by atoms with Crippen molar-refractivity contribution in [3.8, 4) is 0 Å². The van der Waals surface area contributed by atoms with E-state index in [0.717, 1.165) is 26.1 Å². The number of thiazole rings is 1. The highest BCUT2D eigenvalue weighted by atomic mass is 32.1. The van der Waals surface area contributed by atoms with Gasteiger partial charge in [0.2, 0.25) is 0 Å². The van der Waals surface area contributed by atoms with Crippen molar-refractivity contribution in [2.45, 2.75) is 25.8 Å². The summed E-state index contributed by atoms with van der Waals surface area (Å²) in [5, 5.41) is 6.99. The van der Waals surface area contributed by atoms with Crippen LogP contribution < -0.4 is 5.32 Å². The molecule has 1 aromatic heterocycles. The van der Waals surface area contributed by atoms with Gasteiger partial charge < -0.3 is 10.2 Å². The van der Waals surface area contributed by atoms with E-state index in [4.69, 9.17) is 0 Å². The molecule has 2 heterocycles. The van der Waals surface area contributed by atoms with Gasteiger partial charge in [0.15, 0.2) is 0 Å². The van der Waals surface area contributed by atoms with E-state index in [0.29, 0.717) is 6.04 Å². The van der Waals surface area contributed by atoms with E-state index in [1.165, 1.54) is 17.1 Å². The van der Waals surface area contributed by atoms with Crippen LogP contribution in [0.1, 0.15) is 30.1 Å². The number of aromatic nitrogens is 1. The highest BCUT2D eigenvalue weighted by Crippen LogP contribution is 2.21. The Bertz CT molecular complexity index is 311. The molecule has 1 saturated heterocycles. The second-order valence-corrected chi connectivity index (χ2v) is 5.09. The predicted octanol–water partition coefficient (Wildman–Crippen LogP) is 1.67. The van der Waals surface area contributed by atoms with Crippen molar-refractivity contribution in [2.75, 3.05) is 26.7 Å². The molecule has 1 atom stereocenters. The predicted molar refractivity (Wildman–Crippen MR) is 64.3 cm³/mol. The quantitative estimate of drug-likeness (QED) is 0.848. The van der Waals surface area contributed by atoms with Crippen molar-refractivity contribution in [1.29, 1.82) is 0 Å². The summed E-state index contributed by atoms with van der Waals surface area (Å²) < 4.78 is 0. The Kier molecular flexibility index (Phi) is 3.72. The van der Waals surface area contributed by atoms with Crippen molar-refractivity contribution in [3.05, 3.63) is 16.1 Å². The summed E-state index contributed by atoms with van der Waals surface area (Å²) in [7, 11) is 2.18. The summed E-state index contributed by atoms with van der Waals surface area (Å²) in [5.41, 5.74) is 1.26. The number of nitrogens with zero attached hydrogens (tertiary/aromatic N) is 2. The third-order valence-electron chi connectivity index (χ3n) is 2.75. The van der Waals surface area contributed by atoms with Gasteiger partial charge in [0.05, 0.1) is 11.7 Å². The number of likely N-dealkylation sites (N-methyl/N-ethyl adjacent to an activating group) is 1. The van der Waals surface area contributed by atoms with E-state index < -0.39 is 0 Å². The number of hydrogen-bond donors (Lipinski definition) is 1. The third kappa shape index (κ3) is 2.77. The molecule has 0 aromatic carbocycles. The van der Waals surface area contributed by atoms with Gasteiger partial charge in [-0.1, -0.05) is 13.3 Å². The number of piperazine rings is 1. The molecule has 15 heavy (non-hydrogen) atoms. The molecule has 1 aliphatic heterocycles. The van der Waals surface area contributed by atoms with Gasteiger partial charge in [0, 0.05) is 25.0 Å². The molecular formula is C11H19N3S. The van der Waals surface area contributed by atoms with Crippen LogP contribution in [0, 0.1) is 0 Å². The lowest BCUT2D eigenvalue weighted by molar-refractivity contribution is 0.240. The minimum Gasteiger partial charge on any atom is -0.306 e. The average molecular weight is 225 g/mol. The highest BCUT2D eigenvalue weighted by molar-refractivity contribution is 7.09. The van der Waals surface area contributed by atoms with Gasteiger partial charge in [0.25, 0.3) is 0 Å². The molecule has 1 unspecified atom stereocenters. The molecule has 1 aliphatic rings. The minimum absolute atomic E-state index is 0.444. The first-order chi connectivity index (χ1) is 7.29. The zero-order valence-electron chi connectivity index (χ0n) is 9.49. The van der Waals surface area contributed by atoms with Crippen molar-refractivity contribution in [2.24, 2.45) is 0 Å². The maximum Gasteiger partial charge on any atom is 0.111 e. The van der Waals surface area contributed by atoms with E-state index in [1.54, 1.807) is 11.3 Å². The molecule has 1 fully saturated rings. The Balaban J connectivity index is 2.01. The second-order valence-electron chi connectivity index (χ2n) is 4.20. The molecule has 0 saturated carbocycles. The first kappa shape index (κ1) is 11.0. The normalized spacial score (nSPS) is 23.2. The van der Waals surface area contributed by atoms with Crippen molar-refractivity contribution in [1.82, 2.24) is 15.2 Å². The van der Waals surface area contributed by atoms with Crippen molar-refractivity contribution in [3.63, 3.8) is 0 Å². The molecule has 0 aliphatic carbocycles. The van der Waals surface area contributed by atoms with E-state index in [-0.39, 0.29) is 0 Å². The molecule has 0 radical (unpaired) electrons. The van der Waals surface area contributed by atoms with Crippen LogP contribution in [0.25, 0.3) is 0 Å². The zero-order chi connectivity index (χ0) is 10.7. The third-order valence-corrected chi connectivity index (χ3v) is 3.76. The molecule has 3 nitrogen and oxygen atoms in total. The molecule has 1 aromatic rings. The molecule has 84 valence electrons. The van der Waals surface area contributed by atoms with E-state index in [1.807, 2.05) is 0 Å². The monoisotopic (exact) mass is 225 g/mol. The largest absolute Gasteiger partial charge is 0.306 e. The van der Waals surface area contributed by atoms with Gasteiger partial charge in [-0.15, -0.1) is 11.3 Å². The molecule has 0 amide bonds. The topological polar surface area (TPSA) is 28.2 Å². The minimum atomic E-state index is 0.444. The number of hydrogen-bond acceptors (Lipinski definition) is 4. The number of aryl methyl sites for hydroxylation is 1. The van der Waals surface area contributed by atoms with Crippen molar-refractivity contribution < 1.29 is 0 Å². The highest BCUT2D eigenvalue weighted by Gasteiger charge is 2.20. The van der Waals surface area contributed by atoms with Crippen LogP contribution in [0.4, 0.5) is 0 Å². The smallest absolute Gasteiger partial charge is 0.111 e. The Morgan fingerprint density at radius 2 is 2.53 bits per heavy atom. The van der Waals surface area contributed by atoms with Crippen LogP contribution >= 0.6 is 11.3 Å². The van der Waals surface area contributed by atoms with Crippen LogP contribution in [-0.4, -0.2) is 36.6 Å². The standard InChI is InChI=1S/C11H19N3S/c1-3-4-9-8-15-11(13-9)10-7-14(2)6-5-12-10/h8,10,12H,3-7H2,1-2H3. The maximum atomic E-state index is 4.69. The first-order valence-corrected chi connectivity index (χ1v) is 6.53. The Labute approximate surface area is 95.5 Å². The molecule has 1 N–H and O–H groups in total. The zero-order valence-corrected chi connectivity index (χ0v) is 10.3. The van der Waals surface area contributed by atoms with Crippen LogP contribution in [-0.2, 0) is 6.42 Å².